The van der Waals surface area contributed by atoms with Gasteiger partial charge in [0, 0.05) is 46.6 Å². The normalized spacial score (nSPS) is 22.9. The third kappa shape index (κ3) is 2.54. The fourth-order valence-corrected chi connectivity index (χ4v) is 3.80. The van der Waals surface area contributed by atoms with Gasteiger partial charge in [-0.05, 0) is 26.7 Å². The summed E-state index contributed by atoms with van der Waals surface area (Å²) in [5, 5.41) is 0. The molecule has 0 amide bonds. The van der Waals surface area contributed by atoms with Crippen molar-refractivity contribution in [1.29, 1.82) is 0 Å². The molecule has 1 radical (unpaired) electrons. The SMILES string of the molecule is [2H]C1([P+](C)(CC)CC)CC1.[Y]. The van der Waals surface area contributed by atoms with Gasteiger partial charge in [0.25, 0.3) is 0 Å². The van der Waals surface area contributed by atoms with Crippen LogP contribution in [-0.4, -0.2) is 24.6 Å². The largest absolute Gasteiger partial charge is 0.0745 e. The Labute approximate surface area is 92.2 Å². The van der Waals surface area contributed by atoms with E-state index in [4.69, 9.17) is 1.37 Å². The van der Waals surface area contributed by atoms with Gasteiger partial charge < -0.3 is 0 Å². The summed E-state index contributed by atoms with van der Waals surface area (Å²) >= 11 is 0. The first-order valence-electron chi connectivity index (χ1n) is 4.42. The number of hydrogen-bond acceptors (Lipinski definition) is 0. The Kier molecular flexibility index (Phi) is 4.36. The molecule has 10 heavy (non-hydrogen) atoms. The van der Waals surface area contributed by atoms with Crippen LogP contribution in [0.4, 0.5) is 0 Å². The van der Waals surface area contributed by atoms with Crippen LogP contribution in [-0.2, 0) is 32.7 Å². The van der Waals surface area contributed by atoms with Crippen molar-refractivity contribution in [3.05, 3.63) is 0 Å². The second-order valence-electron chi connectivity index (χ2n) is 3.09. The Hall–Kier alpha value is 1.53. The minimum absolute atomic E-state index is 0. The molecule has 0 unspecified atom stereocenters. The molecule has 1 rings (SSSR count). The Bertz CT molecular complexity index is 130. The zero-order valence-corrected chi connectivity index (χ0v) is 11.1. The molecule has 0 atom stereocenters. The molecule has 1 aliphatic rings. The average molecular weight is 235 g/mol. The molecule has 0 spiro atoms. The minimum atomic E-state index is -0.837. The predicted molar refractivity (Wildman–Crippen MR) is 46.9 cm³/mol. The summed E-state index contributed by atoms with van der Waals surface area (Å²) in [6, 6.07) is 0. The zero-order valence-electron chi connectivity index (χ0n) is 8.35. The van der Waals surface area contributed by atoms with Crippen LogP contribution in [0.25, 0.3) is 0 Å². The maximum atomic E-state index is 8.05. The van der Waals surface area contributed by atoms with E-state index < -0.39 is 7.26 Å². The van der Waals surface area contributed by atoms with Crippen molar-refractivity contribution < 1.29 is 34.1 Å². The van der Waals surface area contributed by atoms with E-state index in [1.807, 2.05) is 0 Å². The third-order valence-electron chi connectivity index (χ3n) is 2.63. The fraction of sp³-hybridized carbons (Fsp3) is 1.00. The van der Waals surface area contributed by atoms with Crippen LogP contribution in [0.1, 0.15) is 28.1 Å². The quantitative estimate of drug-likeness (QED) is 0.660. The van der Waals surface area contributed by atoms with Crippen molar-refractivity contribution in [3.63, 3.8) is 0 Å². The van der Waals surface area contributed by atoms with Crippen molar-refractivity contribution in [3.8, 4) is 0 Å². The van der Waals surface area contributed by atoms with Gasteiger partial charge in [0.1, 0.15) is 0 Å². The molecule has 1 fully saturated rings. The maximum Gasteiger partial charge on any atom is 0.0745 e. The first kappa shape index (κ1) is 9.62. The smallest absolute Gasteiger partial charge is 0.0311 e. The zero-order chi connectivity index (χ0) is 7.83. The first-order chi connectivity index (χ1) is 4.58. The van der Waals surface area contributed by atoms with E-state index in [0.717, 1.165) is 0 Å². The van der Waals surface area contributed by atoms with E-state index in [0.29, 0.717) is 0 Å². The summed E-state index contributed by atoms with van der Waals surface area (Å²) in [6.07, 6.45) is 4.90. The molecular formula is C8H18PY+. The Morgan fingerprint density at radius 1 is 1.40 bits per heavy atom. The summed E-state index contributed by atoms with van der Waals surface area (Å²) in [5.41, 5.74) is 0.0660. The molecule has 2 heteroatoms. The average Bonchev–Trinajstić information content (AvgIpc) is 2.68. The molecule has 0 aromatic carbocycles. The van der Waals surface area contributed by atoms with E-state index in [2.05, 4.69) is 20.5 Å². The monoisotopic (exact) mass is 235 g/mol. The fourth-order valence-electron chi connectivity index (χ4n) is 1.27. The maximum absolute atomic E-state index is 8.05. The molecule has 0 heterocycles. The molecule has 0 aromatic rings. The summed E-state index contributed by atoms with van der Waals surface area (Å²) in [7, 11) is -0.837. The van der Waals surface area contributed by atoms with Gasteiger partial charge in [-0.25, -0.2) is 0 Å². The topological polar surface area (TPSA) is 0 Å². The van der Waals surface area contributed by atoms with Crippen molar-refractivity contribution >= 4 is 7.26 Å². The molecule has 0 nitrogen and oxygen atoms in total. The molecule has 0 aliphatic heterocycles. The first-order valence-corrected chi connectivity index (χ1v) is 6.53. The van der Waals surface area contributed by atoms with Crippen LogP contribution in [0, 0.1) is 0 Å². The molecular weight excluding hydrogens is 216 g/mol. The van der Waals surface area contributed by atoms with Crippen molar-refractivity contribution in [1.82, 2.24) is 0 Å². The summed E-state index contributed by atoms with van der Waals surface area (Å²) < 4.78 is 8.05. The number of hydrogen-bond donors (Lipinski definition) is 0. The van der Waals surface area contributed by atoms with Gasteiger partial charge in [-0.15, -0.1) is 0 Å². The van der Waals surface area contributed by atoms with Crippen LogP contribution in [0.2, 0.25) is 0 Å². The van der Waals surface area contributed by atoms with E-state index >= 15 is 0 Å². The van der Waals surface area contributed by atoms with Crippen LogP contribution in [0.15, 0.2) is 0 Å². The third-order valence-corrected chi connectivity index (χ3v) is 7.40. The molecule has 57 valence electrons. The Balaban J connectivity index is 0.000001000. The van der Waals surface area contributed by atoms with Crippen LogP contribution in [0.5, 0.6) is 0 Å². The van der Waals surface area contributed by atoms with Gasteiger partial charge in [-0.3, -0.25) is 0 Å². The Morgan fingerprint density at radius 2 is 1.80 bits per heavy atom. The Morgan fingerprint density at radius 3 is 1.90 bits per heavy atom. The molecule has 1 aliphatic carbocycles. The second kappa shape index (κ2) is 4.53. The summed E-state index contributed by atoms with van der Waals surface area (Å²) in [5.74, 6) is 0. The summed E-state index contributed by atoms with van der Waals surface area (Å²) in [6.45, 7) is 6.88. The van der Waals surface area contributed by atoms with Crippen molar-refractivity contribution in [2.24, 2.45) is 0 Å². The second-order valence-corrected chi connectivity index (χ2v) is 7.78. The van der Waals surface area contributed by atoms with E-state index in [1.54, 1.807) is 0 Å². The van der Waals surface area contributed by atoms with Gasteiger partial charge in [0.05, 0.1) is 19.3 Å². The molecule has 0 saturated heterocycles. The van der Waals surface area contributed by atoms with Crippen molar-refractivity contribution in [2.75, 3.05) is 19.0 Å². The van der Waals surface area contributed by atoms with Crippen LogP contribution in [0.3, 0.4) is 0 Å². The van der Waals surface area contributed by atoms with Gasteiger partial charge in [0.2, 0.25) is 0 Å². The molecule has 0 N–H and O–H groups in total. The number of rotatable bonds is 3. The van der Waals surface area contributed by atoms with Crippen molar-refractivity contribution in [2.45, 2.75) is 32.3 Å². The van der Waals surface area contributed by atoms with Gasteiger partial charge in [-0.1, -0.05) is 0 Å². The van der Waals surface area contributed by atoms with Gasteiger partial charge >= 0.3 is 0 Å². The van der Waals surface area contributed by atoms with E-state index in [1.165, 1.54) is 25.2 Å². The molecule has 1 saturated carbocycles. The van der Waals surface area contributed by atoms with E-state index in [-0.39, 0.29) is 38.3 Å². The van der Waals surface area contributed by atoms with E-state index in [9.17, 15) is 0 Å². The van der Waals surface area contributed by atoms with Gasteiger partial charge in [0.15, 0.2) is 0 Å². The van der Waals surface area contributed by atoms with Gasteiger partial charge in [-0.2, -0.15) is 0 Å². The minimum Gasteiger partial charge on any atom is -0.0311 e. The predicted octanol–water partition coefficient (Wildman–Crippen LogP) is 2.83. The molecule has 0 bridgehead atoms. The molecule has 0 aromatic heterocycles. The summed E-state index contributed by atoms with van der Waals surface area (Å²) in [4.78, 5) is 0. The van der Waals surface area contributed by atoms with Crippen LogP contribution >= 0.6 is 7.26 Å². The standard InChI is InChI=1S/C8H18P.Y/c1-4-9(3,5-2)8-6-7-8;/h8H,4-7H2,1-3H3;/q+1;/i8D;. The van der Waals surface area contributed by atoms with Crippen LogP contribution < -0.4 is 0 Å².